The first-order valence-electron chi connectivity index (χ1n) is 11.6. The Morgan fingerprint density at radius 1 is 1.09 bits per heavy atom. The van der Waals surface area contributed by atoms with Gasteiger partial charge >= 0.3 is 5.97 Å². The SMILES string of the molecule is CC[C@@H](C)OC(=O)C1=C(C)NC2=C(C(=O)C[C@@H](c3ccccc3)C2)[C@@H]1c1cccc(OC)c1. The van der Waals surface area contributed by atoms with Crippen LogP contribution in [0.1, 0.15) is 63.0 Å². The molecule has 0 fully saturated rings. The molecular formula is C28H31NO4. The van der Waals surface area contributed by atoms with Crippen LogP contribution in [0.4, 0.5) is 0 Å². The van der Waals surface area contributed by atoms with Crippen LogP contribution in [0.15, 0.2) is 77.1 Å². The highest BCUT2D eigenvalue weighted by Crippen LogP contribution is 2.46. The van der Waals surface area contributed by atoms with Crippen molar-refractivity contribution in [2.45, 2.75) is 58.0 Å². The minimum absolute atomic E-state index is 0.0618. The number of ketones is 1. The van der Waals surface area contributed by atoms with Crippen LogP contribution in [0.25, 0.3) is 0 Å². The first kappa shape index (κ1) is 22.8. The van der Waals surface area contributed by atoms with Crippen molar-refractivity contribution in [3.63, 3.8) is 0 Å². The molecule has 172 valence electrons. The summed E-state index contributed by atoms with van der Waals surface area (Å²) in [7, 11) is 1.61. The molecule has 0 saturated heterocycles. The molecule has 0 amide bonds. The topological polar surface area (TPSA) is 64.6 Å². The zero-order chi connectivity index (χ0) is 23.5. The number of methoxy groups -OCH3 is 1. The van der Waals surface area contributed by atoms with Gasteiger partial charge in [-0.15, -0.1) is 0 Å². The molecular weight excluding hydrogens is 414 g/mol. The van der Waals surface area contributed by atoms with E-state index >= 15 is 0 Å². The minimum atomic E-state index is -0.489. The van der Waals surface area contributed by atoms with Crippen LogP contribution in [0.3, 0.4) is 0 Å². The Hall–Kier alpha value is -3.34. The monoisotopic (exact) mass is 445 g/mol. The lowest BCUT2D eigenvalue weighted by atomic mass is 9.71. The van der Waals surface area contributed by atoms with E-state index in [0.717, 1.165) is 35.4 Å². The fraction of sp³-hybridized carbons (Fsp3) is 0.357. The van der Waals surface area contributed by atoms with E-state index in [0.29, 0.717) is 23.3 Å². The molecule has 4 rings (SSSR count). The molecule has 1 heterocycles. The van der Waals surface area contributed by atoms with Crippen molar-refractivity contribution in [1.29, 1.82) is 0 Å². The fourth-order valence-corrected chi connectivity index (χ4v) is 4.75. The molecule has 2 aromatic carbocycles. The first-order valence-corrected chi connectivity index (χ1v) is 11.6. The highest BCUT2D eigenvalue weighted by molar-refractivity contribution is 6.04. The fourth-order valence-electron chi connectivity index (χ4n) is 4.75. The number of Topliss-reactive ketones (excluding diaryl/α,β-unsaturated/α-hetero) is 1. The van der Waals surface area contributed by atoms with E-state index in [9.17, 15) is 9.59 Å². The third-order valence-corrected chi connectivity index (χ3v) is 6.63. The van der Waals surface area contributed by atoms with E-state index < -0.39 is 5.92 Å². The maximum atomic E-state index is 13.6. The van der Waals surface area contributed by atoms with Crippen LogP contribution in [0.2, 0.25) is 0 Å². The minimum Gasteiger partial charge on any atom is -0.497 e. The molecule has 2 aromatic rings. The van der Waals surface area contributed by atoms with Crippen molar-refractivity contribution in [3.05, 3.63) is 88.3 Å². The van der Waals surface area contributed by atoms with Crippen molar-refractivity contribution in [2.75, 3.05) is 7.11 Å². The molecule has 1 N–H and O–H groups in total. The van der Waals surface area contributed by atoms with Crippen molar-refractivity contribution < 1.29 is 19.1 Å². The Morgan fingerprint density at radius 2 is 1.82 bits per heavy atom. The van der Waals surface area contributed by atoms with Gasteiger partial charge in [0.15, 0.2) is 5.78 Å². The number of esters is 1. The van der Waals surface area contributed by atoms with E-state index in [4.69, 9.17) is 9.47 Å². The predicted octanol–water partition coefficient (Wildman–Crippen LogP) is 5.40. The molecule has 0 radical (unpaired) electrons. The largest absolute Gasteiger partial charge is 0.497 e. The molecule has 1 aliphatic heterocycles. The summed E-state index contributed by atoms with van der Waals surface area (Å²) in [6.07, 6.45) is 1.65. The van der Waals surface area contributed by atoms with Gasteiger partial charge in [-0.1, -0.05) is 49.4 Å². The molecule has 5 heteroatoms. The van der Waals surface area contributed by atoms with E-state index in [2.05, 4.69) is 17.4 Å². The van der Waals surface area contributed by atoms with Crippen molar-refractivity contribution in [3.8, 4) is 5.75 Å². The van der Waals surface area contributed by atoms with Gasteiger partial charge in [-0.2, -0.15) is 0 Å². The number of hydrogen-bond donors (Lipinski definition) is 1. The maximum absolute atomic E-state index is 13.6. The van der Waals surface area contributed by atoms with Gasteiger partial charge in [0, 0.05) is 29.3 Å². The van der Waals surface area contributed by atoms with Gasteiger partial charge in [-0.25, -0.2) is 4.79 Å². The molecule has 0 saturated carbocycles. The Labute approximate surface area is 195 Å². The number of ether oxygens (including phenoxy) is 2. The standard InChI is InChI=1S/C28H31NO4/c1-5-17(2)33-28(31)25-18(3)29-23-15-21(19-10-7-6-8-11-19)16-24(30)27(23)26(25)20-12-9-13-22(14-20)32-4/h6-14,17,21,26,29H,5,15-16H2,1-4H3/t17-,21+,26-/m1/s1. The van der Waals surface area contributed by atoms with Gasteiger partial charge in [0.25, 0.3) is 0 Å². The number of rotatable bonds is 6. The number of allylic oxidation sites excluding steroid dienone is 3. The van der Waals surface area contributed by atoms with Crippen LogP contribution in [-0.4, -0.2) is 25.0 Å². The van der Waals surface area contributed by atoms with Gasteiger partial charge in [-0.3, -0.25) is 4.79 Å². The molecule has 0 spiro atoms. The average molecular weight is 446 g/mol. The van der Waals surface area contributed by atoms with Crippen LogP contribution < -0.4 is 10.1 Å². The summed E-state index contributed by atoms with van der Waals surface area (Å²) in [5.41, 5.74) is 4.79. The van der Waals surface area contributed by atoms with Crippen LogP contribution >= 0.6 is 0 Å². The molecule has 1 aliphatic carbocycles. The van der Waals surface area contributed by atoms with Gasteiger partial charge in [-0.05, 0) is 55.9 Å². The van der Waals surface area contributed by atoms with Crippen molar-refractivity contribution in [2.24, 2.45) is 0 Å². The van der Waals surface area contributed by atoms with Gasteiger partial charge in [0.1, 0.15) is 5.75 Å². The zero-order valence-corrected chi connectivity index (χ0v) is 19.7. The maximum Gasteiger partial charge on any atom is 0.337 e. The van der Waals surface area contributed by atoms with Crippen molar-refractivity contribution >= 4 is 11.8 Å². The molecule has 0 unspecified atom stereocenters. The second kappa shape index (κ2) is 9.65. The lowest BCUT2D eigenvalue weighted by molar-refractivity contribution is -0.144. The van der Waals surface area contributed by atoms with E-state index in [1.165, 1.54) is 0 Å². The third kappa shape index (κ3) is 4.58. The summed E-state index contributed by atoms with van der Waals surface area (Å²) in [4.78, 5) is 26.9. The highest BCUT2D eigenvalue weighted by atomic mass is 16.5. The van der Waals surface area contributed by atoms with Crippen LogP contribution in [0.5, 0.6) is 5.75 Å². The van der Waals surface area contributed by atoms with E-state index in [1.54, 1.807) is 7.11 Å². The predicted molar refractivity (Wildman–Crippen MR) is 128 cm³/mol. The van der Waals surface area contributed by atoms with Gasteiger partial charge in [0.2, 0.25) is 0 Å². The second-order valence-electron chi connectivity index (χ2n) is 8.83. The van der Waals surface area contributed by atoms with E-state index in [-0.39, 0.29) is 23.8 Å². The molecule has 3 atom stereocenters. The molecule has 0 bridgehead atoms. The third-order valence-electron chi connectivity index (χ3n) is 6.63. The highest BCUT2D eigenvalue weighted by Gasteiger charge is 2.41. The Morgan fingerprint density at radius 3 is 2.52 bits per heavy atom. The Balaban J connectivity index is 1.80. The van der Waals surface area contributed by atoms with Crippen LogP contribution in [0, 0.1) is 0 Å². The zero-order valence-electron chi connectivity index (χ0n) is 19.7. The van der Waals surface area contributed by atoms with E-state index in [1.807, 2.05) is 63.2 Å². The summed E-state index contributed by atoms with van der Waals surface area (Å²) in [6.45, 7) is 5.75. The molecule has 33 heavy (non-hydrogen) atoms. The number of benzene rings is 2. The lowest BCUT2D eigenvalue weighted by Gasteiger charge is -2.37. The number of dihydropyridines is 1. The number of nitrogens with one attached hydrogen (secondary N) is 1. The smallest absolute Gasteiger partial charge is 0.337 e. The van der Waals surface area contributed by atoms with Crippen LogP contribution in [-0.2, 0) is 14.3 Å². The first-order chi connectivity index (χ1) is 15.9. The quantitative estimate of drug-likeness (QED) is 0.603. The molecule has 0 aromatic heterocycles. The summed E-state index contributed by atoms with van der Waals surface area (Å²) >= 11 is 0. The lowest BCUT2D eigenvalue weighted by Crippen LogP contribution is -2.36. The second-order valence-corrected chi connectivity index (χ2v) is 8.83. The molecule has 2 aliphatic rings. The van der Waals surface area contributed by atoms with Gasteiger partial charge in [0.05, 0.1) is 18.8 Å². The summed E-state index contributed by atoms with van der Waals surface area (Å²) in [5.74, 6) is -0.0150. The summed E-state index contributed by atoms with van der Waals surface area (Å²) in [5, 5.41) is 3.41. The Kier molecular flexibility index (Phi) is 6.68. The number of carbonyl (C=O) groups is 2. The Bertz CT molecular complexity index is 1120. The summed E-state index contributed by atoms with van der Waals surface area (Å²) < 4.78 is 11.2. The normalized spacial score (nSPS) is 21.3. The molecule has 5 nitrogen and oxygen atoms in total. The summed E-state index contributed by atoms with van der Waals surface area (Å²) in [6, 6.07) is 17.7. The number of hydrogen-bond acceptors (Lipinski definition) is 5. The average Bonchev–Trinajstić information content (AvgIpc) is 2.83. The van der Waals surface area contributed by atoms with Crippen molar-refractivity contribution in [1.82, 2.24) is 5.32 Å². The number of carbonyl (C=O) groups excluding carboxylic acids is 2. The van der Waals surface area contributed by atoms with Gasteiger partial charge < -0.3 is 14.8 Å².